The highest BCUT2D eigenvalue weighted by Crippen LogP contribution is 2.40. The monoisotopic (exact) mass is 367 g/mol. The minimum Gasteiger partial charge on any atom is -0.496 e. The summed E-state index contributed by atoms with van der Waals surface area (Å²) in [4.78, 5) is 12.6. The number of carbonyl (C=O) groups is 1. The highest BCUT2D eigenvalue weighted by molar-refractivity contribution is 7.99. The van der Waals surface area contributed by atoms with Crippen LogP contribution in [0.15, 0.2) is 18.2 Å². The predicted octanol–water partition coefficient (Wildman–Crippen LogP) is 3.80. The molecule has 1 amide bonds. The minimum atomic E-state index is -0.339. The van der Waals surface area contributed by atoms with Gasteiger partial charge < -0.3 is 9.47 Å². The number of rotatable bonds is 7. The van der Waals surface area contributed by atoms with Gasteiger partial charge in [-0.2, -0.15) is 11.8 Å². The van der Waals surface area contributed by atoms with E-state index >= 15 is 0 Å². The van der Waals surface area contributed by atoms with E-state index in [0.717, 1.165) is 11.4 Å². The van der Waals surface area contributed by atoms with Crippen molar-refractivity contribution >= 4 is 34.1 Å². The molecule has 0 saturated carbocycles. The first-order chi connectivity index (χ1) is 11.5. The number of carbonyl (C=O) groups excluding carboxylic acids is 1. The van der Waals surface area contributed by atoms with Gasteiger partial charge in [0.15, 0.2) is 0 Å². The Morgan fingerprint density at radius 1 is 1.29 bits per heavy atom. The van der Waals surface area contributed by atoms with Crippen molar-refractivity contribution in [1.29, 1.82) is 0 Å². The Bertz CT molecular complexity index is 692. The van der Waals surface area contributed by atoms with Gasteiger partial charge in [0.1, 0.15) is 22.1 Å². The average molecular weight is 367 g/mol. The number of hydrogen-bond donors (Lipinski definition) is 1. The first kappa shape index (κ1) is 18.5. The van der Waals surface area contributed by atoms with Crippen LogP contribution in [0, 0.1) is 0 Å². The summed E-state index contributed by atoms with van der Waals surface area (Å²) in [6.07, 6.45) is 2.97. The van der Waals surface area contributed by atoms with Gasteiger partial charge in [-0.15, -0.1) is 10.2 Å². The molecule has 2 rings (SSSR count). The van der Waals surface area contributed by atoms with Crippen molar-refractivity contribution in [3.63, 3.8) is 0 Å². The molecule has 130 valence electrons. The van der Waals surface area contributed by atoms with Crippen molar-refractivity contribution < 1.29 is 14.3 Å². The van der Waals surface area contributed by atoms with Crippen LogP contribution in [-0.2, 0) is 4.75 Å². The molecule has 2 aromatic rings. The molecule has 0 bridgehead atoms. The molecule has 1 N–H and O–H groups in total. The molecule has 0 radical (unpaired) electrons. The smallest absolute Gasteiger partial charge is 0.265 e. The number of nitrogens with zero attached hydrogens (tertiary/aromatic N) is 2. The fraction of sp³-hybridized carbons (Fsp3) is 0.438. The molecule has 1 heterocycles. The fourth-order valence-corrected chi connectivity index (χ4v) is 3.83. The second-order valence-corrected chi connectivity index (χ2v) is 7.48. The highest BCUT2D eigenvalue weighted by atomic mass is 32.2. The molecule has 6 nitrogen and oxygen atoms in total. The van der Waals surface area contributed by atoms with Gasteiger partial charge in [0.25, 0.3) is 5.91 Å². The average Bonchev–Trinajstić information content (AvgIpc) is 3.09. The van der Waals surface area contributed by atoms with Crippen LogP contribution in [0.2, 0.25) is 0 Å². The summed E-state index contributed by atoms with van der Waals surface area (Å²) >= 11 is 3.10. The summed E-state index contributed by atoms with van der Waals surface area (Å²) < 4.78 is 10.4. The van der Waals surface area contributed by atoms with E-state index in [1.165, 1.54) is 25.6 Å². The van der Waals surface area contributed by atoms with E-state index in [4.69, 9.17) is 9.47 Å². The summed E-state index contributed by atoms with van der Waals surface area (Å²) in [5, 5.41) is 12.5. The van der Waals surface area contributed by atoms with Crippen LogP contribution in [0.5, 0.6) is 11.5 Å². The number of benzene rings is 1. The van der Waals surface area contributed by atoms with Crippen LogP contribution in [-0.4, -0.2) is 36.6 Å². The highest BCUT2D eigenvalue weighted by Gasteiger charge is 2.28. The number of anilines is 1. The van der Waals surface area contributed by atoms with E-state index < -0.39 is 0 Å². The quantitative estimate of drug-likeness (QED) is 0.802. The molecule has 0 spiro atoms. The van der Waals surface area contributed by atoms with Gasteiger partial charge in [0.05, 0.1) is 19.0 Å². The first-order valence-electron chi connectivity index (χ1n) is 7.40. The van der Waals surface area contributed by atoms with Gasteiger partial charge >= 0.3 is 0 Å². The predicted molar refractivity (Wildman–Crippen MR) is 98.6 cm³/mol. The van der Waals surface area contributed by atoms with Crippen molar-refractivity contribution in [2.75, 3.05) is 25.8 Å². The first-order valence-corrected chi connectivity index (χ1v) is 9.44. The summed E-state index contributed by atoms with van der Waals surface area (Å²) in [7, 11) is 3.03. The molecule has 0 saturated heterocycles. The molecule has 8 heteroatoms. The van der Waals surface area contributed by atoms with E-state index in [1.54, 1.807) is 30.0 Å². The Balaban J connectivity index is 2.27. The molecule has 0 aliphatic rings. The summed E-state index contributed by atoms with van der Waals surface area (Å²) in [6.45, 7) is 4.23. The van der Waals surface area contributed by atoms with E-state index in [1.807, 2.05) is 6.26 Å². The Morgan fingerprint density at radius 2 is 1.92 bits per heavy atom. The Kier molecular flexibility index (Phi) is 6.06. The van der Waals surface area contributed by atoms with Crippen LogP contribution in [0.3, 0.4) is 0 Å². The van der Waals surface area contributed by atoms with Crippen molar-refractivity contribution in [2.45, 2.75) is 25.0 Å². The van der Waals surface area contributed by atoms with Crippen LogP contribution < -0.4 is 14.8 Å². The summed E-state index contributed by atoms with van der Waals surface area (Å²) in [5.41, 5.74) is 0.336. The fourth-order valence-electron chi connectivity index (χ4n) is 2.10. The van der Waals surface area contributed by atoms with Gasteiger partial charge in [-0.1, -0.05) is 24.3 Å². The Morgan fingerprint density at radius 3 is 2.42 bits per heavy atom. The largest absolute Gasteiger partial charge is 0.496 e. The molecule has 1 unspecified atom stereocenters. The summed E-state index contributed by atoms with van der Waals surface area (Å²) in [5.74, 6) is 0.549. The molecule has 0 fully saturated rings. The van der Waals surface area contributed by atoms with Crippen molar-refractivity contribution in [3.05, 3.63) is 28.8 Å². The third-order valence-corrected chi connectivity index (χ3v) is 6.49. The third kappa shape index (κ3) is 3.64. The molecule has 1 aromatic carbocycles. The van der Waals surface area contributed by atoms with E-state index in [0.29, 0.717) is 22.2 Å². The SMILES string of the molecule is CCC(C)(SC)c1nnc(NC(=O)c2c(OC)cccc2OC)s1. The van der Waals surface area contributed by atoms with Gasteiger partial charge in [0, 0.05) is 0 Å². The number of amides is 1. The van der Waals surface area contributed by atoms with Crippen LogP contribution >= 0.6 is 23.1 Å². The van der Waals surface area contributed by atoms with Crippen LogP contribution in [0.1, 0.15) is 35.6 Å². The molecule has 1 atom stereocenters. The summed E-state index contributed by atoms with van der Waals surface area (Å²) in [6, 6.07) is 5.19. The Labute approximate surface area is 150 Å². The number of methoxy groups -OCH3 is 2. The van der Waals surface area contributed by atoms with Crippen LogP contribution in [0.25, 0.3) is 0 Å². The molecule has 24 heavy (non-hydrogen) atoms. The van der Waals surface area contributed by atoms with Gasteiger partial charge in [-0.3, -0.25) is 10.1 Å². The van der Waals surface area contributed by atoms with Crippen molar-refractivity contribution in [2.24, 2.45) is 0 Å². The normalized spacial score (nSPS) is 13.2. The zero-order chi connectivity index (χ0) is 17.7. The number of hydrogen-bond acceptors (Lipinski definition) is 7. The van der Waals surface area contributed by atoms with E-state index in [9.17, 15) is 4.79 Å². The maximum absolute atomic E-state index is 12.6. The minimum absolute atomic E-state index is 0.108. The lowest BCUT2D eigenvalue weighted by atomic mass is 10.1. The van der Waals surface area contributed by atoms with Crippen molar-refractivity contribution in [1.82, 2.24) is 10.2 Å². The second-order valence-electron chi connectivity index (χ2n) is 5.19. The lowest BCUT2D eigenvalue weighted by Gasteiger charge is -2.21. The number of ether oxygens (including phenoxy) is 2. The zero-order valence-electron chi connectivity index (χ0n) is 14.4. The maximum Gasteiger partial charge on any atom is 0.265 e. The van der Waals surface area contributed by atoms with Gasteiger partial charge in [-0.25, -0.2) is 0 Å². The second kappa shape index (κ2) is 7.85. The number of thioether (sulfide) groups is 1. The van der Waals surface area contributed by atoms with Gasteiger partial charge in [0.2, 0.25) is 5.13 Å². The topological polar surface area (TPSA) is 73.3 Å². The number of aromatic nitrogens is 2. The van der Waals surface area contributed by atoms with Crippen LogP contribution in [0.4, 0.5) is 5.13 Å². The standard InChI is InChI=1S/C16H21N3O3S2/c1-6-16(2,23-5)14-18-19-15(24-14)17-13(20)12-10(21-3)8-7-9-11(12)22-4/h7-9H,6H2,1-5H3,(H,17,19,20). The molecule has 0 aliphatic carbocycles. The third-order valence-electron chi connectivity index (χ3n) is 3.88. The Hall–Kier alpha value is -1.80. The van der Waals surface area contributed by atoms with Crippen molar-refractivity contribution in [3.8, 4) is 11.5 Å². The van der Waals surface area contributed by atoms with E-state index in [-0.39, 0.29) is 10.7 Å². The number of nitrogens with one attached hydrogen (secondary N) is 1. The lowest BCUT2D eigenvalue weighted by molar-refractivity contribution is 0.102. The molecule has 0 aliphatic heterocycles. The molecular formula is C16H21N3O3S2. The van der Waals surface area contributed by atoms with E-state index in [2.05, 4.69) is 29.4 Å². The van der Waals surface area contributed by atoms with Gasteiger partial charge in [-0.05, 0) is 31.7 Å². The maximum atomic E-state index is 12.6. The molecular weight excluding hydrogens is 346 g/mol. The molecule has 1 aromatic heterocycles. The zero-order valence-corrected chi connectivity index (χ0v) is 16.0. The lowest BCUT2D eigenvalue weighted by Crippen LogP contribution is -2.15.